The number of carboxylic acids is 1. The van der Waals surface area contributed by atoms with Gasteiger partial charge in [0.2, 0.25) is 5.91 Å². The first-order valence-electron chi connectivity index (χ1n) is 8.15. The summed E-state index contributed by atoms with van der Waals surface area (Å²) in [6.45, 7) is 2.77. The number of aryl methyl sites for hydroxylation is 1. The molecule has 0 radical (unpaired) electrons. The van der Waals surface area contributed by atoms with E-state index in [1.807, 2.05) is 12.1 Å². The van der Waals surface area contributed by atoms with E-state index in [0.29, 0.717) is 6.54 Å². The zero-order valence-corrected chi connectivity index (χ0v) is 13.7. The largest absolute Gasteiger partial charge is 0.478 e. The fourth-order valence-electron chi connectivity index (χ4n) is 3.14. The van der Waals surface area contributed by atoms with Gasteiger partial charge in [-0.2, -0.15) is 0 Å². The first-order chi connectivity index (χ1) is 11.5. The molecule has 0 spiro atoms. The van der Waals surface area contributed by atoms with Gasteiger partial charge in [-0.15, -0.1) is 0 Å². The summed E-state index contributed by atoms with van der Waals surface area (Å²) in [5, 5.41) is 11.9. The van der Waals surface area contributed by atoms with E-state index >= 15 is 0 Å². The molecule has 2 aromatic carbocycles. The lowest BCUT2D eigenvalue weighted by atomic mass is 9.92. The predicted octanol–water partition coefficient (Wildman–Crippen LogP) is 3.08. The van der Waals surface area contributed by atoms with E-state index < -0.39 is 5.97 Å². The first-order valence-corrected chi connectivity index (χ1v) is 8.15. The maximum Gasteiger partial charge on any atom is 0.335 e. The summed E-state index contributed by atoms with van der Waals surface area (Å²) in [6.07, 6.45) is 2.47. The highest BCUT2D eigenvalue weighted by Gasteiger charge is 2.44. The van der Waals surface area contributed by atoms with Crippen molar-refractivity contribution in [3.63, 3.8) is 0 Å². The van der Waals surface area contributed by atoms with Crippen molar-refractivity contribution in [3.05, 3.63) is 70.8 Å². The summed E-state index contributed by atoms with van der Waals surface area (Å²) in [5.41, 5.74) is 3.74. The number of aromatic carboxylic acids is 1. The topological polar surface area (TPSA) is 66.4 Å². The molecule has 1 aliphatic rings. The molecule has 1 saturated carbocycles. The van der Waals surface area contributed by atoms with Gasteiger partial charge >= 0.3 is 5.97 Å². The van der Waals surface area contributed by atoms with E-state index in [9.17, 15) is 9.59 Å². The Bertz CT molecular complexity index is 761. The van der Waals surface area contributed by atoms with Gasteiger partial charge in [-0.25, -0.2) is 4.79 Å². The van der Waals surface area contributed by atoms with E-state index in [0.717, 1.165) is 18.4 Å². The number of rotatable bonds is 6. The lowest BCUT2D eigenvalue weighted by Gasteiger charge is -2.19. The zero-order chi connectivity index (χ0) is 17.2. The van der Waals surface area contributed by atoms with Crippen LogP contribution in [0.25, 0.3) is 0 Å². The van der Waals surface area contributed by atoms with Crippen molar-refractivity contribution in [2.75, 3.05) is 6.54 Å². The molecule has 0 unspecified atom stereocenters. The summed E-state index contributed by atoms with van der Waals surface area (Å²) in [6, 6.07) is 14.8. The van der Waals surface area contributed by atoms with E-state index in [1.165, 1.54) is 23.3 Å². The van der Waals surface area contributed by atoms with Crippen molar-refractivity contribution in [1.82, 2.24) is 5.32 Å². The second-order valence-corrected chi connectivity index (χ2v) is 6.55. The molecule has 0 bridgehead atoms. The van der Waals surface area contributed by atoms with Gasteiger partial charge in [0.15, 0.2) is 0 Å². The number of nitrogens with one attached hydrogen (secondary N) is 1. The minimum absolute atomic E-state index is 0.0297. The van der Waals surface area contributed by atoms with Crippen LogP contribution < -0.4 is 5.32 Å². The third-order valence-corrected chi connectivity index (χ3v) is 4.76. The van der Waals surface area contributed by atoms with Crippen LogP contribution in [0, 0.1) is 6.92 Å². The number of carbonyl (C=O) groups excluding carboxylic acids is 1. The fourth-order valence-corrected chi connectivity index (χ4v) is 3.14. The van der Waals surface area contributed by atoms with Crippen molar-refractivity contribution in [1.29, 1.82) is 0 Å². The lowest BCUT2D eigenvalue weighted by Crippen LogP contribution is -2.33. The lowest BCUT2D eigenvalue weighted by molar-refractivity contribution is -0.120. The van der Waals surface area contributed by atoms with Crippen LogP contribution in [0.1, 0.15) is 39.9 Å². The number of hydrogen-bond donors (Lipinski definition) is 2. The molecule has 24 heavy (non-hydrogen) atoms. The summed E-state index contributed by atoms with van der Waals surface area (Å²) < 4.78 is 0. The van der Waals surface area contributed by atoms with Crippen molar-refractivity contribution in [2.24, 2.45) is 0 Å². The molecule has 3 rings (SSSR count). The Balaban J connectivity index is 1.58. The van der Waals surface area contributed by atoms with Gasteiger partial charge in [0.25, 0.3) is 0 Å². The average Bonchev–Trinajstić information content (AvgIpc) is 3.35. The highest BCUT2D eigenvalue weighted by atomic mass is 16.4. The Morgan fingerprint density at radius 3 is 2.33 bits per heavy atom. The van der Waals surface area contributed by atoms with Gasteiger partial charge < -0.3 is 10.4 Å². The third-order valence-electron chi connectivity index (χ3n) is 4.76. The van der Waals surface area contributed by atoms with Crippen LogP contribution >= 0.6 is 0 Å². The number of amides is 1. The van der Waals surface area contributed by atoms with Crippen molar-refractivity contribution in [2.45, 2.75) is 31.6 Å². The van der Waals surface area contributed by atoms with Crippen LogP contribution in [0.3, 0.4) is 0 Å². The third kappa shape index (κ3) is 3.48. The molecule has 0 saturated heterocycles. The maximum absolute atomic E-state index is 12.2. The van der Waals surface area contributed by atoms with E-state index in [2.05, 4.69) is 24.4 Å². The van der Waals surface area contributed by atoms with Crippen LogP contribution in [0.15, 0.2) is 48.5 Å². The molecule has 4 heteroatoms. The highest BCUT2D eigenvalue weighted by Crippen LogP contribution is 2.48. The summed E-state index contributed by atoms with van der Waals surface area (Å²) in [7, 11) is 0. The fraction of sp³-hybridized carbons (Fsp3) is 0.300. The van der Waals surface area contributed by atoms with Gasteiger partial charge in [-0.05, 0) is 48.6 Å². The second kappa shape index (κ2) is 6.48. The molecule has 124 valence electrons. The normalized spacial score (nSPS) is 14.9. The van der Waals surface area contributed by atoms with Gasteiger partial charge in [0.1, 0.15) is 0 Å². The van der Waals surface area contributed by atoms with Crippen LogP contribution in [0.2, 0.25) is 0 Å². The summed E-state index contributed by atoms with van der Waals surface area (Å²) in [5.74, 6) is -0.988. The highest BCUT2D eigenvalue weighted by molar-refractivity contribution is 5.87. The van der Waals surface area contributed by atoms with E-state index in [1.54, 1.807) is 12.1 Å². The smallest absolute Gasteiger partial charge is 0.335 e. The van der Waals surface area contributed by atoms with E-state index in [4.69, 9.17) is 5.11 Å². The predicted molar refractivity (Wildman–Crippen MR) is 92.2 cm³/mol. The van der Waals surface area contributed by atoms with Crippen LogP contribution in [0.5, 0.6) is 0 Å². The van der Waals surface area contributed by atoms with Crippen molar-refractivity contribution in [3.8, 4) is 0 Å². The molecule has 1 aliphatic carbocycles. The van der Waals surface area contributed by atoms with Crippen molar-refractivity contribution < 1.29 is 14.7 Å². The Labute approximate surface area is 141 Å². The number of benzene rings is 2. The molecule has 0 atom stereocenters. The Morgan fingerprint density at radius 2 is 1.75 bits per heavy atom. The molecular weight excluding hydrogens is 302 g/mol. The van der Waals surface area contributed by atoms with Crippen LogP contribution in [0.4, 0.5) is 0 Å². The molecule has 2 aromatic rings. The minimum atomic E-state index is -0.958. The first kappa shape index (κ1) is 16.2. The van der Waals surface area contributed by atoms with Gasteiger partial charge in [0, 0.05) is 12.0 Å². The SMILES string of the molecule is Cc1ccccc1C1(CNC(=O)Cc2ccc(C(=O)O)cc2)CC1. The average molecular weight is 323 g/mol. The molecule has 0 aromatic heterocycles. The molecule has 0 heterocycles. The number of carbonyl (C=O) groups is 2. The Morgan fingerprint density at radius 1 is 1.08 bits per heavy atom. The molecule has 1 fully saturated rings. The van der Waals surface area contributed by atoms with Gasteiger partial charge in [0.05, 0.1) is 12.0 Å². The van der Waals surface area contributed by atoms with E-state index in [-0.39, 0.29) is 23.3 Å². The second-order valence-electron chi connectivity index (χ2n) is 6.55. The molecular formula is C20H21NO3. The standard InChI is InChI=1S/C20H21NO3/c1-14-4-2-3-5-17(14)20(10-11-20)13-21-18(22)12-15-6-8-16(9-7-15)19(23)24/h2-9H,10-13H2,1H3,(H,21,22)(H,23,24). The zero-order valence-electron chi connectivity index (χ0n) is 13.7. The molecule has 2 N–H and O–H groups in total. The summed E-state index contributed by atoms with van der Waals surface area (Å²) >= 11 is 0. The molecule has 4 nitrogen and oxygen atoms in total. The monoisotopic (exact) mass is 323 g/mol. The summed E-state index contributed by atoms with van der Waals surface area (Å²) in [4.78, 5) is 23.0. The van der Waals surface area contributed by atoms with Crippen LogP contribution in [-0.2, 0) is 16.6 Å². The van der Waals surface area contributed by atoms with Crippen LogP contribution in [-0.4, -0.2) is 23.5 Å². The quantitative estimate of drug-likeness (QED) is 0.858. The maximum atomic E-state index is 12.2. The Hall–Kier alpha value is -2.62. The minimum Gasteiger partial charge on any atom is -0.478 e. The Kier molecular flexibility index (Phi) is 4.38. The number of carboxylic acid groups (broad SMARTS) is 1. The van der Waals surface area contributed by atoms with Crippen molar-refractivity contribution >= 4 is 11.9 Å². The number of hydrogen-bond acceptors (Lipinski definition) is 2. The van der Waals surface area contributed by atoms with Gasteiger partial charge in [-0.3, -0.25) is 4.79 Å². The molecule has 1 amide bonds. The molecule has 0 aliphatic heterocycles. The van der Waals surface area contributed by atoms with Gasteiger partial charge in [-0.1, -0.05) is 36.4 Å².